The number of nitrogens with zero attached hydrogens (tertiary/aromatic N) is 1. The molecule has 0 aliphatic rings. The number of halogens is 1. The molecule has 2 aromatic rings. The summed E-state index contributed by atoms with van der Waals surface area (Å²) in [6.45, 7) is 4.10. The van der Waals surface area contributed by atoms with Crippen LogP contribution in [-0.4, -0.2) is 16.3 Å². The maximum Gasteiger partial charge on any atom is 0.233 e. The molecule has 0 aliphatic heterocycles. The monoisotopic (exact) mass is 324 g/mol. The number of carbonyl (C=O) groups excluding carboxylic acids is 1. The Labute approximate surface area is 133 Å². The largest absolute Gasteiger partial charge is 0.359 e. The molecule has 112 valence electrons. The van der Waals surface area contributed by atoms with Gasteiger partial charge in [0.2, 0.25) is 5.91 Å². The first-order chi connectivity index (χ1) is 10.0. The molecule has 21 heavy (non-hydrogen) atoms. The van der Waals surface area contributed by atoms with E-state index >= 15 is 0 Å². The number of benzene rings is 1. The van der Waals surface area contributed by atoms with Crippen LogP contribution in [0.15, 0.2) is 34.9 Å². The first-order valence-corrected chi connectivity index (χ1v) is 8.03. The number of nitrogens with one attached hydrogen (secondary N) is 1. The highest BCUT2D eigenvalue weighted by molar-refractivity contribution is 7.99. The van der Waals surface area contributed by atoms with E-state index in [9.17, 15) is 4.79 Å². The van der Waals surface area contributed by atoms with Crippen molar-refractivity contribution in [2.45, 2.75) is 31.4 Å². The molecule has 1 atom stereocenters. The molecule has 1 aromatic carbocycles. The summed E-state index contributed by atoms with van der Waals surface area (Å²) in [6.07, 6.45) is 0. The lowest BCUT2D eigenvalue weighted by Gasteiger charge is -2.11. The number of rotatable bonds is 6. The van der Waals surface area contributed by atoms with E-state index in [1.807, 2.05) is 44.2 Å². The molecule has 0 fully saturated rings. The van der Waals surface area contributed by atoms with Gasteiger partial charge in [-0.1, -0.05) is 28.9 Å². The zero-order valence-electron chi connectivity index (χ0n) is 11.9. The van der Waals surface area contributed by atoms with Crippen LogP contribution in [0.1, 0.15) is 23.9 Å². The van der Waals surface area contributed by atoms with Crippen molar-refractivity contribution in [3.05, 3.63) is 52.4 Å². The van der Waals surface area contributed by atoms with Gasteiger partial charge in [-0.25, -0.2) is 0 Å². The summed E-state index contributed by atoms with van der Waals surface area (Å²) in [5.74, 6) is 1.42. The van der Waals surface area contributed by atoms with Crippen molar-refractivity contribution >= 4 is 29.3 Å². The summed E-state index contributed by atoms with van der Waals surface area (Å²) in [5, 5.41) is 7.21. The molecule has 6 heteroatoms. The van der Waals surface area contributed by atoms with Gasteiger partial charge in [0.15, 0.2) is 5.76 Å². The lowest BCUT2D eigenvalue weighted by molar-refractivity contribution is -0.120. The third-order valence-electron chi connectivity index (χ3n) is 2.90. The maximum absolute atomic E-state index is 12.0. The minimum absolute atomic E-state index is 0.0111. The van der Waals surface area contributed by atoms with Crippen LogP contribution in [0.4, 0.5) is 0 Å². The van der Waals surface area contributed by atoms with Gasteiger partial charge in [0, 0.05) is 16.8 Å². The minimum Gasteiger partial charge on any atom is -0.359 e. The average Bonchev–Trinajstić information content (AvgIpc) is 2.89. The van der Waals surface area contributed by atoms with E-state index in [-0.39, 0.29) is 11.2 Å². The van der Waals surface area contributed by atoms with Crippen molar-refractivity contribution in [2.75, 3.05) is 0 Å². The van der Waals surface area contributed by atoms with Crippen LogP contribution in [0.25, 0.3) is 0 Å². The minimum atomic E-state index is -0.135. The van der Waals surface area contributed by atoms with Gasteiger partial charge >= 0.3 is 0 Å². The highest BCUT2D eigenvalue weighted by atomic mass is 35.5. The molecule has 1 N–H and O–H groups in total. The average molecular weight is 325 g/mol. The number of thioether (sulfide) groups is 1. The first-order valence-electron chi connectivity index (χ1n) is 6.60. The molecule has 1 unspecified atom stereocenters. The number of carbonyl (C=O) groups is 1. The second-order valence-electron chi connectivity index (χ2n) is 4.73. The molecule has 0 aliphatic carbocycles. The topological polar surface area (TPSA) is 55.1 Å². The van der Waals surface area contributed by atoms with Crippen molar-refractivity contribution in [1.29, 1.82) is 0 Å². The predicted octanol–water partition coefficient (Wildman–Crippen LogP) is 3.57. The van der Waals surface area contributed by atoms with Crippen LogP contribution in [0.3, 0.4) is 0 Å². The first kappa shape index (κ1) is 15.9. The Morgan fingerprint density at radius 1 is 1.43 bits per heavy atom. The quantitative estimate of drug-likeness (QED) is 0.882. The standard InChI is InChI=1S/C15H17ClN2O2S/c1-10-7-14(20-18-10)8-17-15(19)11(2)21-9-12-3-5-13(16)6-4-12/h3-7,11H,8-9H2,1-2H3,(H,17,19). The van der Waals surface area contributed by atoms with Gasteiger partial charge in [-0.3, -0.25) is 4.79 Å². The molecule has 0 saturated heterocycles. The highest BCUT2D eigenvalue weighted by Crippen LogP contribution is 2.19. The Morgan fingerprint density at radius 2 is 2.14 bits per heavy atom. The molecule has 1 heterocycles. The van der Waals surface area contributed by atoms with Crippen LogP contribution >= 0.6 is 23.4 Å². The van der Waals surface area contributed by atoms with Gasteiger partial charge in [-0.2, -0.15) is 0 Å². The molecule has 0 radical (unpaired) electrons. The van der Waals surface area contributed by atoms with Crippen molar-refractivity contribution in [2.24, 2.45) is 0 Å². The van der Waals surface area contributed by atoms with E-state index in [0.717, 1.165) is 22.0 Å². The Balaban J connectivity index is 1.75. The summed E-state index contributed by atoms with van der Waals surface area (Å²) in [6, 6.07) is 9.46. The summed E-state index contributed by atoms with van der Waals surface area (Å²) in [5.41, 5.74) is 1.96. The fraction of sp³-hybridized carbons (Fsp3) is 0.333. The Bertz CT molecular complexity index is 598. The zero-order valence-corrected chi connectivity index (χ0v) is 13.5. The summed E-state index contributed by atoms with van der Waals surface area (Å²) in [4.78, 5) is 12.0. The second kappa shape index (κ2) is 7.52. The van der Waals surface area contributed by atoms with Crippen LogP contribution in [-0.2, 0) is 17.1 Å². The van der Waals surface area contributed by atoms with Crippen molar-refractivity contribution in [3.63, 3.8) is 0 Å². The van der Waals surface area contributed by atoms with Gasteiger partial charge in [0.1, 0.15) is 0 Å². The van der Waals surface area contributed by atoms with Gasteiger partial charge in [0.05, 0.1) is 17.5 Å². The van der Waals surface area contributed by atoms with Gasteiger partial charge in [0.25, 0.3) is 0 Å². The van der Waals surface area contributed by atoms with E-state index in [4.69, 9.17) is 16.1 Å². The Kier molecular flexibility index (Phi) is 5.70. The van der Waals surface area contributed by atoms with Crippen LogP contribution in [0, 0.1) is 6.92 Å². The lowest BCUT2D eigenvalue weighted by atomic mass is 10.2. The van der Waals surface area contributed by atoms with Gasteiger partial charge in [-0.15, -0.1) is 11.8 Å². The van der Waals surface area contributed by atoms with Crippen molar-refractivity contribution < 1.29 is 9.32 Å². The zero-order chi connectivity index (χ0) is 15.2. The van der Waals surface area contributed by atoms with Crippen LogP contribution in [0.5, 0.6) is 0 Å². The van der Waals surface area contributed by atoms with Gasteiger partial charge < -0.3 is 9.84 Å². The normalized spacial score (nSPS) is 12.1. The molecule has 0 saturated carbocycles. The number of hydrogen-bond acceptors (Lipinski definition) is 4. The number of amides is 1. The number of hydrogen-bond donors (Lipinski definition) is 1. The molecular weight excluding hydrogens is 308 g/mol. The highest BCUT2D eigenvalue weighted by Gasteiger charge is 2.14. The fourth-order valence-corrected chi connectivity index (χ4v) is 2.69. The maximum atomic E-state index is 12.0. The van der Waals surface area contributed by atoms with Gasteiger partial charge in [-0.05, 0) is 31.5 Å². The second-order valence-corrected chi connectivity index (χ2v) is 6.50. The smallest absolute Gasteiger partial charge is 0.233 e. The predicted molar refractivity (Wildman–Crippen MR) is 85.3 cm³/mol. The van der Waals surface area contributed by atoms with E-state index in [1.165, 1.54) is 0 Å². The summed E-state index contributed by atoms with van der Waals surface area (Å²) in [7, 11) is 0. The van der Waals surface area contributed by atoms with E-state index in [1.54, 1.807) is 11.8 Å². The SMILES string of the molecule is Cc1cc(CNC(=O)C(C)SCc2ccc(Cl)cc2)on1. The molecular formula is C15H17ClN2O2S. The molecule has 0 spiro atoms. The third kappa shape index (κ3) is 5.10. The van der Waals surface area contributed by atoms with Crippen LogP contribution < -0.4 is 5.32 Å². The summed E-state index contributed by atoms with van der Waals surface area (Å²) < 4.78 is 5.05. The van der Waals surface area contributed by atoms with Crippen LogP contribution in [0.2, 0.25) is 5.02 Å². The van der Waals surface area contributed by atoms with Crippen molar-refractivity contribution in [3.8, 4) is 0 Å². The third-order valence-corrected chi connectivity index (χ3v) is 4.36. The Hall–Kier alpha value is -1.46. The Morgan fingerprint density at radius 3 is 2.76 bits per heavy atom. The molecule has 4 nitrogen and oxygen atoms in total. The van der Waals surface area contributed by atoms with E-state index in [0.29, 0.717) is 12.3 Å². The summed E-state index contributed by atoms with van der Waals surface area (Å²) >= 11 is 7.42. The molecule has 1 amide bonds. The fourth-order valence-electron chi connectivity index (χ4n) is 1.70. The lowest BCUT2D eigenvalue weighted by Crippen LogP contribution is -2.30. The van der Waals surface area contributed by atoms with E-state index in [2.05, 4.69) is 10.5 Å². The molecule has 1 aromatic heterocycles. The molecule has 2 rings (SSSR count). The number of aryl methyl sites for hydroxylation is 1. The van der Waals surface area contributed by atoms with Crippen molar-refractivity contribution in [1.82, 2.24) is 10.5 Å². The van der Waals surface area contributed by atoms with E-state index < -0.39 is 0 Å². The number of aromatic nitrogens is 1. The molecule has 0 bridgehead atoms.